The van der Waals surface area contributed by atoms with Crippen molar-refractivity contribution in [3.8, 4) is 0 Å². The smallest absolute Gasteiger partial charge is 0.0992 e. The van der Waals surface area contributed by atoms with Crippen LogP contribution in [0.5, 0.6) is 0 Å². The summed E-state index contributed by atoms with van der Waals surface area (Å²) in [7, 11) is 0. The molecule has 2 nitrogen and oxygen atoms in total. The molecular weight excluding hydrogens is 253 g/mol. The summed E-state index contributed by atoms with van der Waals surface area (Å²) in [6, 6.07) is 1.89. The minimum absolute atomic E-state index is 0.0282. The van der Waals surface area contributed by atoms with Gasteiger partial charge in [0.05, 0.1) is 20.3 Å². The molecule has 0 saturated heterocycles. The summed E-state index contributed by atoms with van der Waals surface area (Å²) in [4.78, 5) is 5.46. The number of hydrogen-bond donors (Lipinski definition) is 1. The molecule has 0 bridgehead atoms. The highest BCUT2D eigenvalue weighted by Crippen LogP contribution is 2.34. The lowest BCUT2D eigenvalue weighted by atomic mass is 10.2. The number of hydrogen-bond acceptors (Lipinski definition) is 3. The van der Waals surface area contributed by atoms with Crippen LogP contribution in [-0.2, 0) is 4.84 Å². The van der Waals surface area contributed by atoms with Gasteiger partial charge in [-0.3, -0.25) is 4.84 Å². The maximum absolute atomic E-state index is 6.03. The van der Waals surface area contributed by atoms with E-state index in [0.29, 0.717) is 8.67 Å². The van der Waals surface area contributed by atoms with E-state index in [1.54, 1.807) is 0 Å². The van der Waals surface area contributed by atoms with Crippen LogP contribution < -0.4 is 5.48 Å². The van der Waals surface area contributed by atoms with Crippen molar-refractivity contribution in [3.63, 3.8) is 0 Å². The minimum atomic E-state index is -0.222. The van der Waals surface area contributed by atoms with E-state index in [0.717, 1.165) is 5.56 Å². The van der Waals surface area contributed by atoms with Gasteiger partial charge in [-0.15, -0.1) is 11.3 Å². The summed E-state index contributed by atoms with van der Waals surface area (Å²) >= 11 is 13.3. The summed E-state index contributed by atoms with van der Waals surface area (Å²) in [6.45, 7) is 7.93. The lowest BCUT2D eigenvalue weighted by Crippen LogP contribution is -2.30. The van der Waals surface area contributed by atoms with Crippen LogP contribution in [0.3, 0.4) is 0 Å². The summed E-state index contributed by atoms with van der Waals surface area (Å²) in [5.74, 6) is 0. The number of hydroxylamine groups is 1. The first-order chi connectivity index (χ1) is 6.79. The highest BCUT2D eigenvalue weighted by molar-refractivity contribution is 7.20. The Bertz CT molecular complexity index is 333. The largest absolute Gasteiger partial charge is 0.296 e. The number of thiophene rings is 1. The van der Waals surface area contributed by atoms with Crippen molar-refractivity contribution < 1.29 is 4.84 Å². The van der Waals surface area contributed by atoms with E-state index in [2.05, 4.69) is 5.48 Å². The molecule has 1 aromatic heterocycles. The van der Waals surface area contributed by atoms with E-state index in [-0.39, 0.29) is 11.6 Å². The van der Waals surface area contributed by atoms with E-state index in [1.807, 2.05) is 33.8 Å². The van der Waals surface area contributed by atoms with E-state index >= 15 is 0 Å². The quantitative estimate of drug-likeness (QED) is 0.818. The van der Waals surface area contributed by atoms with Crippen LogP contribution in [0.4, 0.5) is 0 Å². The molecule has 0 fully saturated rings. The molecule has 1 unspecified atom stereocenters. The molecule has 0 saturated carbocycles. The molecule has 1 N–H and O–H groups in total. The summed E-state index contributed by atoms with van der Waals surface area (Å²) in [5.41, 5.74) is 3.70. The Balaban J connectivity index is 2.61. The fraction of sp³-hybridized carbons (Fsp3) is 0.600. The lowest BCUT2D eigenvalue weighted by Gasteiger charge is -2.22. The van der Waals surface area contributed by atoms with Crippen LogP contribution in [0.15, 0.2) is 6.07 Å². The van der Waals surface area contributed by atoms with Gasteiger partial charge in [0.25, 0.3) is 0 Å². The first kappa shape index (κ1) is 13.3. The zero-order valence-electron chi connectivity index (χ0n) is 9.23. The van der Waals surface area contributed by atoms with Crippen LogP contribution >= 0.6 is 34.5 Å². The Kier molecular flexibility index (Phi) is 4.44. The van der Waals surface area contributed by atoms with Crippen LogP contribution in [0.25, 0.3) is 0 Å². The molecule has 15 heavy (non-hydrogen) atoms. The Labute approximate surface area is 104 Å². The van der Waals surface area contributed by atoms with E-state index in [9.17, 15) is 0 Å². The summed E-state index contributed by atoms with van der Waals surface area (Å²) in [5, 5.41) is 0. The monoisotopic (exact) mass is 267 g/mol. The molecule has 0 aliphatic rings. The van der Waals surface area contributed by atoms with Gasteiger partial charge < -0.3 is 0 Å². The molecule has 86 valence electrons. The second kappa shape index (κ2) is 5.02. The molecule has 0 amide bonds. The average molecular weight is 268 g/mol. The molecule has 0 radical (unpaired) electrons. The molecule has 5 heteroatoms. The minimum Gasteiger partial charge on any atom is -0.296 e. The topological polar surface area (TPSA) is 21.3 Å². The van der Waals surface area contributed by atoms with Crippen LogP contribution in [-0.4, -0.2) is 5.60 Å². The molecule has 0 aliphatic heterocycles. The Morgan fingerprint density at radius 3 is 2.40 bits per heavy atom. The Hall–Kier alpha value is 0.200. The molecule has 1 aromatic rings. The predicted molar refractivity (Wildman–Crippen MR) is 66.7 cm³/mol. The van der Waals surface area contributed by atoms with Gasteiger partial charge in [0.15, 0.2) is 0 Å². The van der Waals surface area contributed by atoms with Gasteiger partial charge in [-0.1, -0.05) is 23.2 Å². The molecule has 0 aromatic carbocycles. The van der Waals surface area contributed by atoms with E-state index in [4.69, 9.17) is 28.0 Å². The lowest BCUT2D eigenvalue weighted by molar-refractivity contribution is -0.0865. The summed E-state index contributed by atoms with van der Waals surface area (Å²) < 4.78 is 1.40. The highest BCUT2D eigenvalue weighted by atomic mass is 35.5. The molecule has 0 spiro atoms. The number of nitrogens with one attached hydrogen (secondary N) is 1. The Morgan fingerprint density at radius 1 is 1.40 bits per heavy atom. The van der Waals surface area contributed by atoms with Gasteiger partial charge in [-0.25, -0.2) is 0 Å². The van der Waals surface area contributed by atoms with E-state index < -0.39 is 0 Å². The van der Waals surface area contributed by atoms with Crippen LogP contribution in [0, 0.1) is 0 Å². The number of halogens is 2. The molecule has 1 atom stereocenters. The normalized spacial score (nSPS) is 14.3. The van der Waals surface area contributed by atoms with E-state index in [1.165, 1.54) is 11.3 Å². The van der Waals surface area contributed by atoms with Crippen molar-refractivity contribution in [1.29, 1.82) is 0 Å². The van der Waals surface area contributed by atoms with Crippen molar-refractivity contribution in [2.24, 2.45) is 0 Å². The van der Waals surface area contributed by atoms with Gasteiger partial charge in [0, 0.05) is 5.56 Å². The van der Waals surface area contributed by atoms with Crippen molar-refractivity contribution in [3.05, 3.63) is 20.3 Å². The maximum atomic E-state index is 6.03. The third kappa shape index (κ3) is 4.29. The second-order valence-corrected chi connectivity index (χ2v) is 6.62. The Morgan fingerprint density at radius 2 is 2.00 bits per heavy atom. The van der Waals surface area contributed by atoms with Gasteiger partial charge >= 0.3 is 0 Å². The summed E-state index contributed by atoms with van der Waals surface area (Å²) in [6.07, 6.45) is 0. The molecular formula is C10H15Cl2NOS. The van der Waals surface area contributed by atoms with Crippen molar-refractivity contribution in [1.82, 2.24) is 5.48 Å². The SMILES string of the molecule is CC(NOC(C)(C)C)c1cc(Cl)sc1Cl. The zero-order chi connectivity index (χ0) is 11.6. The predicted octanol–water partition coefficient (Wildman–Crippen LogP) is 4.44. The van der Waals surface area contributed by atoms with Gasteiger partial charge in [-0.05, 0) is 33.8 Å². The fourth-order valence-corrected chi connectivity index (χ4v) is 2.62. The standard InChI is InChI=1S/C10H15Cl2NOS/c1-6(13-14-10(2,3)4)7-5-8(11)15-9(7)12/h5-6,13H,1-4H3. The second-order valence-electron chi connectivity index (χ2n) is 4.33. The first-order valence-electron chi connectivity index (χ1n) is 4.68. The molecule has 1 heterocycles. The zero-order valence-corrected chi connectivity index (χ0v) is 11.6. The van der Waals surface area contributed by atoms with Gasteiger partial charge in [0.2, 0.25) is 0 Å². The van der Waals surface area contributed by atoms with Crippen molar-refractivity contribution >= 4 is 34.5 Å². The third-order valence-corrected chi connectivity index (χ3v) is 3.21. The van der Waals surface area contributed by atoms with Crippen molar-refractivity contribution in [2.45, 2.75) is 39.3 Å². The van der Waals surface area contributed by atoms with Gasteiger partial charge in [0.1, 0.15) is 0 Å². The van der Waals surface area contributed by atoms with Crippen molar-refractivity contribution in [2.75, 3.05) is 0 Å². The first-order valence-corrected chi connectivity index (χ1v) is 6.25. The molecule has 0 aliphatic carbocycles. The number of rotatable bonds is 3. The average Bonchev–Trinajstić information content (AvgIpc) is 2.40. The van der Waals surface area contributed by atoms with Gasteiger partial charge in [-0.2, -0.15) is 5.48 Å². The van der Waals surface area contributed by atoms with Crippen LogP contribution in [0.2, 0.25) is 8.67 Å². The maximum Gasteiger partial charge on any atom is 0.0992 e. The third-order valence-electron chi connectivity index (χ3n) is 1.69. The highest BCUT2D eigenvalue weighted by Gasteiger charge is 2.17. The fourth-order valence-electron chi connectivity index (χ4n) is 0.977. The van der Waals surface area contributed by atoms with Crippen LogP contribution in [0.1, 0.15) is 39.3 Å². The molecule has 1 rings (SSSR count).